The highest BCUT2D eigenvalue weighted by atomic mass is 32.1. The van der Waals surface area contributed by atoms with Crippen molar-refractivity contribution in [2.24, 2.45) is 7.05 Å². The molecule has 152 valence electrons. The van der Waals surface area contributed by atoms with Crippen molar-refractivity contribution in [3.05, 3.63) is 104 Å². The summed E-state index contributed by atoms with van der Waals surface area (Å²) in [6.45, 7) is 3.19. The Kier molecular flexibility index (Phi) is 5.81. The average Bonchev–Trinajstić information content (AvgIpc) is 3.18. The third-order valence-electron chi connectivity index (χ3n) is 5.33. The molecule has 0 unspecified atom stereocenters. The number of aromatic nitrogens is 1. The summed E-state index contributed by atoms with van der Waals surface area (Å²) >= 11 is 1.70. The molecule has 5 heteroatoms. The molecule has 0 atom stereocenters. The van der Waals surface area contributed by atoms with Crippen LogP contribution in [-0.2, 0) is 20.0 Å². The summed E-state index contributed by atoms with van der Waals surface area (Å²) in [5, 5.41) is 0.802. The van der Waals surface area contributed by atoms with E-state index in [1.165, 1.54) is 16.5 Å². The van der Waals surface area contributed by atoms with Gasteiger partial charge in [0.15, 0.2) is 0 Å². The normalized spacial score (nSPS) is 11.0. The third kappa shape index (κ3) is 4.21. The van der Waals surface area contributed by atoms with E-state index in [1.807, 2.05) is 47.4 Å². The second-order valence-corrected chi connectivity index (χ2v) is 8.82. The minimum Gasteiger partial charge on any atom is -0.333 e. The Bertz CT molecular complexity index is 1240. The summed E-state index contributed by atoms with van der Waals surface area (Å²) in [5.74, 6) is -0.106. The standard InChI is InChI=1S/C25H24N2O2S/c1-18-12-13-20(30-18)17-27(15-14-19-8-4-3-5-9-19)25(29)22-16-24(28)26(2)23-11-7-6-10-21(22)23/h3-13,16H,14-15,17H2,1-2H3. The molecule has 0 saturated carbocycles. The number of hydrogen-bond donors (Lipinski definition) is 0. The van der Waals surface area contributed by atoms with E-state index in [0.717, 1.165) is 22.2 Å². The highest BCUT2D eigenvalue weighted by molar-refractivity contribution is 7.11. The number of thiophene rings is 1. The number of carbonyl (C=O) groups excluding carboxylic acids is 1. The molecule has 2 heterocycles. The highest BCUT2D eigenvalue weighted by Gasteiger charge is 2.21. The van der Waals surface area contributed by atoms with Crippen LogP contribution in [0, 0.1) is 6.92 Å². The van der Waals surface area contributed by atoms with Crippen LogP contribution in [0.25, 0.3) is 10.9 Å². The number of pyridine rings is 1. The Hall–Kier alpha value is -3.18. The lowest BCUT2D eigenvalue weighted by atomic mass is 10.1. The number of carbonyl (C=O) groups is 1. The van der Waals surface area contributed by atoms with E-state index in [-0.39, 0.29) is 11.5 Å². The highest BCUT2D eigenvalue weighted by Crippen LogP contribution is 2.22. The summed E-state index contributed by atoms with van der Waals surface area (Å²) in [5.41, 5.74) is 2.25. The van der Waals surface area contributed by atoms with Gasteiger partial charge in [-0.15, -0.1) is 11.3 Å². The zero-order valence-corrected chi connectivity index (χ0v) is 18.0. The molecular formula is C25H24N2O2S. The molecule has 0 fully saturated rings. The SMILES string of the molecule is Cc1ccc(CN(CCc2ccccc2)C(=O)c2cc(=O)n(C)c3ccccc23)s1. The maximum absolute atomic E-state index is 13.6. The van der Waals surface area contributed by atoms with Crippen LogP contribution in [0.4, 0.5) is 0 Å². The number of fused-ring (bicyclic) bond motifs is 1. The van der Waals surface area contributed by atoms with Gasteiger partial charge in [0.1, 0.15) is 0 Å². The molecule has 0 spiro atoms. The second-order valence-electron chi connectivity index (χ2n) is 7.45. The van der Waals surface area contributed by atoms with Gasteiger partial charge in [0.05, 0.1) is 17.6 Å². The molecule has 30 heavy (non-hydrogen) atoms. The van der Waals surface area contributed by atoms with Gasteiger partial charge in [0, 0.05) is 34.8 Å². The molecule has 0 aliphatic heterocycles. The molecule has 0 aliphatic rings. The quantitative estimate of drug-likeness (QED) is 0.453. The topological polar surface area (TPSA) is 42.3 Å². The van der Waals surface area contributed by atoms with E-state index >= 15 is 0 Å². The van der Waals surface area contributed by atoms with Crippen LogP contribution in [0.5, 0.6) is 0 Å². The Balaban J connectivity index is 1.70. The summed E-state index contributed by atoms with van der Waals surface area (Å²) < 4.78 is 1.59. The predicted molar refractivity (Wildman–Crippen MR) is 123 cm³/mol. The van der Waals surface area contributed by atoms with Crippen LogP contribution in [0.15, 0.2) is 77.6 Å². The third-order valence-corrected chi connectivity index (χ3v) is 6.31. The van der Waals surface area contributed by atoms with Crippen LogP contribution in [0.1, 0.15) is 25.7 Å². The lowest BCUT2D eigenvalue weighted by Crippen LogP contribution is -2.33. The van der Waals surface area contributed by atoms with Gasteiger partial charge in [0.2, 0.25) is 0 Å². The minimum absolute atomic E-state index is 0.106. The van der Waals surface area contributed by atoms with Gasteiger partial charge >= 0.3 is 0 Å². The zero-order valence-electron chi connectivity index (χ0n) is 17.2. The minimum atomic E-state index is -0.174. The van der Waals surface area contributed by atoms with E-state index in [2.05, 4.69) is 31.2 Å². The van der Waals surface area contributed by atoms with Gasteiger partial charge in [-0.3, -0.25) is 9.59 Å². The van der Waals surface area contributed by atoms with E-state index in [9.17, 15) is 9.59 Å². The number of hydrogen-bond acceptors (Lipinski definition) is 3. The number of benzene rings is 2. The molecule has 4 nitrogen and oxygen atoms in total. The fourth-order valence-corrected chi connectivity index (χ4v) is 4.58. The molecule has 0 radical (unpaired) electrons. The number of aryl methyl sites for hydroxylation is 2. The molecule has 0 N–H and O–H groups in total. The van der Waals surface area contributed by atoms with Crippen molar-refractivity contribution in [2.45, 2.75) is 19.9 Å². The first-order valence-corrected chi connectivity index (χ1v) is 10.8. The smallest absolute Gasteiger partial charge is 0.255 e. The Labute approximate surface area is 180 Å². The first-order valence-electron chi connectivity index (χ1n) is 10.0. The van der Waals surface area contributed by atoms with Gasteiger partial charge in [-0.05, 0) is 37.1 Å². The van der Waals surface area contributed by atoms with Crippen LogP contribution >= 0.6 is 11.3 Å². The maximum atomic E-state index is 13.6. The molecule has 0 saturated heterocycles. The molecule has 1 amide bonds. The number of rotatable bonds is 6. The monoisotopic (exact) mass is 416 g/mol. The van der Waals surface area contributed by atoms with Crippen molar-refractivity contribution >= 4 is 28.1 Å². The largest absolute Gasteiger partial charge is 0.333 e. The fraction of sp³-hybridized carbons (Fsp3) is 0.200. The first kappa shape index (κ1) is 20.1. The maximum Gasteiger partial charge on any atom is 0.255 e. The number of amides is 1. The van der Waals surface area contributed by atoms with E-state index in [4.69, 9.17) is 0 Å². The Morgan fingerprint density at radius 1 is 1.00 bits per heavy atom. The van der Waals surface area contributed by atoms with Gasteiger partial charge in [0.25, 0.3) is 11.5 Å². The van der Waals surface area contributed by atoms with Crippen molar-refractivity contribution in [2.75, 3.05) is 6.54 Å². The molecule has 4 aromatic rings. The lowest BCUT2D eigenvalue weighted by Gasteiger charge is -2.23. The molecular weight excluding hydrogens is 392 g/mol. The molecule has 0 bridgehead atoms. The van der Waals surface area contributed by atoms with Gasteiger partial charge in [-0.1, -0.05) is 48.5 Å². The van der Waals surface area contributed by atoms with Crippen molar-refractivity contribution < 1.29 is 4.79 Å². The van der Waals surface area contributed by atoms with Crippen molar-refractivity contribution in [1.82, 2.24) is 9.47 Å². The van der Waals surface area contributed by atoms with E-state index in [0.29, 0.717) is 18.7 Å². The molecule has 0 aliphatic carbocycles. The summed E-state index contributed by atoms with van der Waals surface area (Å²) in [7, 11) is 1.74. The van der Waals surface area contributed by atoms with Crippen LogP contribution in [0.3, 0.4) is 0 Å². The molecule has 2 aromatic carbocycles. The summed E-state index contributed by atoms with van der Waals surface area (Å²) in [4.78, 5) is 30.4. The van der Waals surface area contributed by atoms with Crippen LogP contribution in [0.2, 0.25) is 0 Å². The first-order chi connectivity index (χ1) is 14.5. The summed E-state index contributed by atoms with van der Waals surface area (Å²) in [6.07, 6.45) is 0.764. The molecule has 2 aromatic heterocycles. The predicted octanol–water partition coefficient (Wildman–Crippen LogP) is 4.79. The van der Waals surface area contributed by atoms with Crippen LogP contribution < -0.4 is 5.56 Å². The van der Waals surface area contributed by atoms with Crippen molar-refractivity contribution in [3.63, 3.8) is 0 Å². The number of nitrogens with zero attached hydrogens (tertiary/aromatic N) is 2. The van der Waals surface area contributed by atoms with E-state index < -0.39 is 0 Å². The lowest BCUT2D eigenvalue weighted by molar-refractivity contribution is 0.0748. The Morgan fingerprint density at radius 2 is 1.73 bits per heavy atom. The zero-order chi connectivity index (χ0) is 21.1. The van der Waals surface area contributed by atoms with Gasteiger partial charge < -0.3 is 9.47 Å². The van der Waals surface area contributed by atoms with E-state index in [1.54, 1.807) is 23.0 Å². The second kappa shape index (κ2) is 8.67. The molecule has 4 rings (SSSR count). The number of para-hydroxylation sites is 1. The summed E-state index contributed by atoms with van der Waals surface area (Å²) in [6, 6.07) is 23.4. The van der Waals surface area contributed by atoms with Crippen molar-refractivity contribution in [1.29, 1.82) is 0 Å². The van der Waals surface area contributed by atoms with Crippen molar-refractivity contribution in [3.8, 4) is 0 Å². The average molecular weight is 417 g/mol. The van der Waals surface area contributed by atoms with Crippen LogP contribution in [-0.4, -0.2) is 21.9 Å². The van der Waals surface area contributed by atoms with Gasteiger partial charge in [-0.2, -0.15) is 0 Å². The Morgan fingerprint density at radius 3 is 2.47 bits per heavy atom. The fourth-order valence-electron chi connectivity index (χ4n) is 3.68. The van der Waals surface area contributed by atoms with Gasteiger partial charge in [-0.25, -0.2) is 0 Å².